The second-order valence-corrected chi connectivity index (χ2v) is 8.11. The van der Waals surface area contributed by atoms with Crippen molar-refractivity contribution in [2.75, 3.05) is 38.0 Å². The van der Waals surface area contributed by atoms with Crippen LogP contribution in [0.15, 0.2) is 79.0 Å². The fourth-order valence-electron chi connectivity index (χ4n) is 4.02. The van der Waals surface area contributed by atoms with Crippen LogP contribution in [0.3, 0.4) is 0 Å². The van der Waals surface area contributed by atoms with Crippen molar-refractivity contribution in [1.29, 1.82) is 0 Å². The molecule has 0 spiro atoms. The molecule has 0 aliphatic heterocycles. The summed E-state index contributed by atoms with van der Waals surface area (Å²) in [6.45, 7) is 2.19. The van der Waals surface area contributed by atoms with Gasteiger partial charge in [-0.15, -0.1) is 0 Å². The van der Waals surface area contributed by atoms with Crippen LogP contribution in [0.25, 0.3) is 10.9 Å². The maximum absolute atomic E-state index is 2.42. The van der Waals surface area contributed by atoms with Crippen molar-refractivity contribution in [2.24, 2.45) is 0 Å². The van der Waals surface area contributed by atoms with Gasteiger partial charge in [0.25, 0.3) is 0 Å². The van der Waals surface area contributed by atoms with E-state index in [1.165, 1.54) is 39.0 Å². The van der Waals surface area contributed by atoms with Gasteiger partial charge in [-0.05, 0) is 53.9 Å². The summed E-state index contributed by atoms with van der Waals surface area (Å²) in [6.07, 6.45) is 2.29. The van der Waals surface area contributed by atoms with Crippen molar-refractivity contribution in [2.45, 2.75) is 13.0 Å². The first kappa shape index (κ1) is 19.1. The predicted octanol–water partition coefficient (Wildman–Crippen LogP) is 5.72. The van der Waals surface area contributed by atoms with Crippen LogP contribution in [-0.2, 0) is 0 Å². The number of aryl methyl sites for hydroxylation is 1. The molecule has 0 atom stereocenters. The Balaban J connectivity index is 1.89. The summed E-state index contributed by atoms with van der Waals surface area (Å²) in [5.74, 6) is 0. The van der Waals surface area contributed by atoms with E-state index in [1.54, 1.807) is 0 Å². The number of benzene rings is 3. The lowest BCUT2D eigenvalue weighted by Gasteiger charge is -2.23. The van der Waals surface area contributed by atoms with E-state index in [0.29, 0.717) is 0 Å². The maximum atomic E-state index is 2.42. The van der Waals surface area contributed by atoms with Gasteiger partial charge in [0, 0.05) is 56.7 Å². The number of anilines is 2. The number of hydrogen-bond donors (Lipinski definition) is 0. The van der Waals surface area contributed by atoms with Gasteiger partial charge in [-0.25, -0.2) is 0 Å². The van der Waals surface area contributed by atoms with Crippen LogP contribution in [0.2, 0.25) is 0 Å². The Labute approximate surface area is 173 Å². The summed E-state index contributed by atoms with van der Waals surface area (Å²) in [7, 11) is 8.31. The van der Waals surface area contributed by atoms with Crippen LogP contribution in [0.5, 0.6) is 0 Å². The third-order valence-corrected chi connectivity index (χ3v) is 5.67. The minimum Gasteiger partial charge on any atom is -0.378 e. The molecular formula is C26H29N3. The zero-order valence-electron chi connectivity index (χ0n) is 17.9. The van der Waals surface area contributed by atoms with Gasteiger partial charge in [-0.3, -0.25) is 0 Å². The van der Waals surface area contributed by atoms with Gasteiger partial charge >= 0.3 is 0 Å². The van der Waals surface area contributed by atoms with Gasteiger partial charge in [0.15, 0.2) is 0 Å². The Morgan fingerprint density at radius 1 is 0.655 bits per heavy atom. The van der Waals surface area contributed by atoms with Crippen molar-refractivity contribution in [3.05, 3.63) is 95.7 Å². The fourth-order valence-corrected chi connectivity index (χ4v) is 4.02. The standard InChI is InChI=1S/C26H29N3/c1-19-18-29(25-9-7-6-8-24(19)25)26(20-10-14-22(15-11-20)27(2)3)21-12-16-23(17-13-21)28(4)5/h6-18,26H,1-5H3. The van der Waals surface area contributed by atoms with E-state index in [9.17, 15) is 0 Å². The average Bonchev–Trinajstić information content (AvgIpc) is 3.06. The van der Waals surface area contributed by atoms with Crippen molar-refractivity contribution in [1.82, 2.24) is 4.57 Å². The zero-order chi connectivity index (χ0) is 20.5. The van der Waals surface area contributed by atoms with E-state index in [4.69, 9.17) is 0 Å². The van der Waals surface area contributed by atoms with Crippen LogP contribution in [0.4, 0.5) is 11.4 Å². The molecule has 1 aromatic heterocycles. The quantitative estimate of drug-likeness (QED) is 0.437. The molecular weight excluding hydrogens is 354 g/mol. The summed E-state index contributed by atoms with van der Waals surface area (Å²) in [6, 6.07) is 26.6. The third-order valence-electron chi connectivity index (χ3n) is 5.67. The molecule has 0 saturated heterocycles. The molecule has 0 unspecified atom stereocenters. The van der Waals surface area contributed by atoms with E-state index in [0.717, 1.165) is 0 Å². The first-order valence-electron chi connectivity index (χ1n) is 10.1. The molecule has 29 heavy (non-hydrogen) atoms. The second kappa shape index (κ2) is 7.67. The summed E-state index contributed by atoms with van der Waals surface area (Å²) in [5.41, 5.74) is 7.57. The van der Waals surface area contributed by atoms with Gasteiger partial charge in [-0.2, -0.15) is 0 Å². The molecule has 148 valence electrons. The van der Waals surface area contributed by atoms with Gasteiger partial charge in [0.05, 0.1) is 6.04 Å². The number of rotatable bonds is 5. The number of aromatic nitrogens is 1. The molecule has 0 saturated carbocycles. The molecule has 0 radical (unpaired) electrons. The summed E-state index contributed by atoms with van der Waals surface area (Å²) >= 11 is 0. The maximum Gasteiger partial charge on any atom is 0.0839 e. The SMILES string of the molecule is Cc1cn(C(c2ccc(N(C)C)cc2)c2ccc(N(C)C)cc2)c2ccccc12. The number of para-hydroxylation sites is 1. The monoisotopic (exact) mass is 383 g/mol. The van der Waals surface area contributed by atoms with Crippen LogP contribution in [-0.4, -0.2) is 32.8 Å². The molecule has 1 heterocycles. The first-order chi connectivity index (χ1) is 14.0. The molecule has 3 aromatic carbocycles. The van der Waals surface area contributed by atoms with Crippen molar-refractivity contribution >= 4 is 22.3 Å². The summed E-state index contributed by atoms with van der Waals surface area (Å²) in [4.78, 5) is 4.28. The first-order valence-corrected chi connectivity index (χ1v) is 10.1. The van der Waals surface area contributed by atoms with Crippen molar-refractivity contribution in [3.63, 3.8) is 0 Å². The smallest absolute Gasteiger partial charge is 0.0839 e. The third kappa shape index (κ3) is 3.61. The average molecular weight is 384 g/mol. The Hall–Kier alpha value is -3.20. The molecule has 4 rings (SSSR count). The van der Waals surface area contributed by atoms with Gasteiger partial charge in [-0.1, -0.05) is 42.5 Å². The highest BCUT2D eigenvalue weighted by Crippen LogP contribution is 2.34. The van der Waals surface area contributed by atoms with Crippen LogP contribution in [0, 0.1) is 6.92 Å². The molecule has 0 N–H and O–H groups in total. The largest absolute Gasteiger partial charge is 0.378 e. The molecule has 3 nitrogen and oxygen atoms in total. The Morgan fingerprint density at radius 3 is 1.62 bits per heavy atom. The highest BCUT2D eigenvalue weighted by molar-refractivity contribution is 5.84. The van der Waals surface area contributed by atoms with Crippen molar-refractivity contribution in [3.8, 4) is 0 Å². The number of hydrogen-bond acceptors (Lipinski definition) is 2. The molecule has 0 amide bonds. The topological polar surface area (TPSA) is 11.4 Å². The number of fused-ring (bicyclic) bond motifs is 1. The Morgan fingerprint density at radius 2 is 1.14 bits per heavy atom. The minimum absolute atomic E-state index is 0.126. The lowest BCUT2D eigenvalue weighted by molar-refractivity contribution is 0.703. The van der Waals surface area contributed by atoms with E-state index in [2.05, 4.69) is 128 Å². The molecule has 0 fully saturated rings. The summed E-state index contributed by atoms with van der Waals surface area (Å²) in [5, 5.41) is 1.31. The minimum atomic E-state index is 0.126. The Bertz CT molecular complexity index is 1050. The van der Waals surface area contributed by atoms with E-state index in [-0.39, 0.29) is 6.04 Å². The molecule has 0 aliphatic rings. The highest BCUT2D eigenvalue weighted by atomic mass is 15.1. The lowest BCUT2D eigenvalue weighted by atomic mass is 9.97. The number of nitrogens with zero attached hydrogens (tertiary/aromatic N) is 3. The summed E-state index contributed by atoms with van der Waals surface area (Å²) < 4.78 is 2.42. The zero-order valence-corrected chi connectivity index (χ0v) is 17.9. The van der Waals surface area contributed by atoms with Crippen LogP contribution in [0.1, 0.15) is 22.7 Å². The van der Waals surface area contributed by atoms with E-state index in [1.807, 2.05) is 0 Å². The van der Waals surface area contributed by atoms with Crippen LogP contribution < -0.4 is 9.80 Å². The molecule has 0 bridgehead atoms. The van der Waals surface area contributed by atoms with E-state index >= 15 is 0 Å². The van der Waals surface area contributed by atoms with Gasteiger partial charge < -0.3 is 14.4 Å². The fraction of sp³-hybridized carbons (Fsp3) is 0.231. The van der Waals surface area contributed by atoms with Crippen LogP contribution >= 0.6 is 0 Å². The van der Waals surface area contributed by atoms with Crippen molar-refractivity contribution < 1.29 is 0 Å². The van der Waals surface area contributed by atoms with Gasteiger partial charge in [0.1, 0.15) is 0 Å². The van der Waals surface area contributed by atoms with Gasteiger partial charge in [0.2, 0.25) is 0 Å². The molecule has 4 aromatic rings. The highest BCUT2D eigenvalue weighted by Gasteiger charge is 2.19. The lowest BCUT2D eigenvalue weighted by Crippen LogP contribution is -2.13. The predicted molar refractivity (Wildman–Crippen MR) is 125 cm³/mol. The van der Waals surface area contributed by atoms with E-state index < -0.39 is 0 Å². The Kier molecular flexibility index (Phi) is 5.06. The normalized spacial score (nSPS) is 11.2. The second-order valence-electron chi connectivity index (χ2n) is 8.11. The molecule has 3 heteroatoms. The molecule has 0 aliphatic carbocycles.